The Hall–Kier alpha value is -1.59. The number of carbonyl (C=O) groups excluding carboxylic acids is 2. The first-order valence-electron chi connectivity index (χ1n) is 8.01. The van der Waals surface area contributed by atoms with E-state index in [4.69, 9.17) is 0 Å². The van der Waals surface area contributed by atoms with E-state index in [1.807, 2.05) is 36.1 Å². The Morgan fingerprint density at radius 1 is 1.17 bits per heavy atom. The number of hydrogen-bond acceptors (Lipinski definition) is 3. The number of amides is 2. The fourth-order valence-electron chi connectivity index (χ4n) is 3.06. The molecule has 0 aliphatic carbocycles. The van der Waals surface area contributed by atoms with E-state index in [9.17, 15) is 9.59 Å². The van der Waals surface area contributed by atoms with Gasteiger partial charge in [0.2, 0.25) is 5.91 Å². The highest BCUT2D eigenvalue weighted by molar-refractivity contribution is 5.95. The first kappa shape index (κ1) is 17.8. The Labute approximate surface area is 143 Å². The minimum Gasteiger partial charge on any atom is -0.349 e. The molecule has 0 unspecified atom stereocenters. The van der Waals surface area contributed by atoms with Crippen LogP contribution in [0, 0.1) is 12.8 Å². The monoisotopic (exact) mass is 337 g/mol. The van der Waals surface area contributed by atoms with E-state index in [1.165, 1.54) is 0 Å². The zero-order chi connectivity index (χ0) is 15.5. The molecule has 0 bridgehead atoms. The lowest BCUT2D eigenvalue weighted by atomic mass is 9.98. The summed E-state index contributed by atoms with van der Waals surface area (Å²) in [5.74, 6) is 0.423. The van der Waals surface area contributed by atoms with Crippen LogP contribution in [0.4, 0.5) is 0 Å². The lowest BCUT2D eigenvalue weighted by Crippen LogP contribution is -2.55. The summed E-state index contributed by atoms with van der Waals surface area (Å²) in [5.41, 5.74) is 1.73. The van der Waals surface area contributed by atoms with Gasteiger partial charge in [0.15, 0.2) is 0 Å². The fourth-order valence-corrected chi connectivity index (χ4v) is 3.06. The third kappa shape index (κ3) is 4.03. The largest absolute Gasteiger partial charge is 0.349 e. The minimum atomic E-state index is -0.00827. The molecule has 23 heavy (non-hydrogen) atoms. The van der Waals surface area contributed by atoms with Crippen molar-refractivity contribution in [3.63, 3.8) is 0 Å². The number of rotatable bonds is 3. The topological polar surface area (TPSA) is 61.4 Å². The summed E-state index contributed by atoms with van der Waals surface area (Å²) in [7, 11) is 0. The number of likely N-dealkylation sites (tertiary alicyclic amines) is 1. The van der Waals surface area contributed by atoms with Crippen LogP contribution in [0.2, 0.25) is 0 Å². The summed E-state index contributed by atoms with van der Waals surface area (Å²) in [6, 6.07) is 7.78. The number of nitrogens with one attached hydrogen (secondary N) is 2. The highest BCUT2D eigenvalue weighted by Crippen LogP contribution is 2.16. The van der Waals surface area contributed by atoms with Crippen molar-refractivity contribution in [2.75, 3.05) is 26.2 Å². The summed E-state index contributed by atoms with van der Waals surface area (Å²) in [6.45, 7) is 5.05. The number of benzene rings is 1. The zero-order valence-corrected chi connectivity index (χ0v) is 14.2. The van der Waals surface area contributed by atoms with Crippen molar-refractivity contribution >= 4 is 24.2 Å². The SMILES string of the molecule is Cc1ccccc1C(=O)NC1CCN(C(=O)C2CNC2)CC1.Cl. The van der Waals surface area contributed by atoms with Crippen molar-refractivity contribution in [2.24, 2.45) is 5.92 Å². The molecule has 0 aromatic heterocycles. The molecule has 0 atom stereocenters. The molecule has 2 amide bonds. The maximum Gasteiger partial charge on any atom is 0.251 e. The van der Waals surface area contributed by atoms with Gasteiger partial charge in [0.05, 0.1) is 5.92 Å². The Balaban J connectivity index is 0.00000192. The van der Waals surface area contributed by atoms with Crippen LogP contribution in [-0.2, 0) is 4.79 Å². The summed E-state index contributed by atoms with van der Waals surface area (Å²) >= 11 is 0. The maximum absolute atomic E-state index is 12.3. The van der Waals surface area contributed by atoms with Crippen molar-refractivity contribution < 1.29 is 9.59 Å². The van der Waals surface area contributed by atoms with Crippen LogP contribution in [-0.4, -0.2) is 48.9 Å². The molecule has 2 aliphatic rings. The van der Waals surface area contributed by atoms with Gasteiger partial charge in [-0.3, -0.25) is 9.59 Å². The van der Waals surface area contributed by atoms with Gasteiger partial charge in [0.25, 0.3) is 5.91 Å². The van der Waals surface area contributed by atoms with Gasteiger partial charge < -0.3 is 15.5 Å². The predicted octanol–water partition coefficient (Wildman–Crippen LogP) is 1.36. The molecule has 2 fully saturated rings. The molecule has 2 saturated heterocycles. The van der Waals surface area contributed by atoms with Gasteiger partial charge in [-0.25, -0.2) is 0 Å². The molecule has 6 heteroatoms. The molecule has 5 nitrogen and oxygen atoms in total. The second-order valence-corrected chi connectivity index (χ2v) is 6.24. The minimum absolute atomic E-state index is 0. The number of halogens is 1. The van der Waals surface area contributed by atoms with Gasteiger partial charge in [-0.05, 0) is 31.4 Å². The molecule has 2 aliphatic heterocycles. The van der Waals surface area contributed by atoms with Gasteiger partial charge in [-0.1, -0.05) is 18.2 Å². The van der Waals surface area contributed by atoms with E-state index in [0.29, 0.717) is 0 Å². The first-order chi connectivity index (χ1) is 10.6. The second-order valence-electron chi connectivity index (χ2n) is 6.24. The molecule has 0 spiro atoms. The standard InChI is InChI=1S/C17H23N3O2.ClH/c1-12-4-2-3-5-15(12)16(21)19-14-6-8-20(9-7-14)17(22)13-10-18-11-13;/h2-5,13-14,18H,6-11H2,1H3,(H,19,21);1H. The molecule has 2 N–H and O–H groups in total. The summed E-state index contributed by atoms with van der Waals surface area (Å²) < 4.78 is 0. The molecule has 0 radical (unpaired) electrons. The van der Waals surface area contributed by atoms with Gasteiger partial charge in [-0.2, -0.15) is 0 Å². The van der Waals surface area contributed by atoms with Crippen molar-refractivity contribution in [3.05, 3.63) is 35.4 Å². The Kier molecular flexibility index (Phi) is 6.02. The van der Waals surface area contributed by atoms with E-state index < -0.39 is 0 Å². The third-order valence-corrected chi connectivity index (χ3v) is 4.66. The summed E-state index contributed by atoms with van der Waals surface area (Å²) in [5, 5.41) is 6.24. The van der Waals surface area contributed by atoms with E-state index >= 15 is 0 Å². The smallest absolute Gasteiger partial charge is 0.251 e. The maximum atomic E-state index is 12.3. The Morgan fingerprint density at radius 2 is 1.83 bits per heavy atom. The molecule has 126 valence electrons. The number of hydrogen-bond donors (Lipinski definition) is 2. The van der Waals surface area contributed by atoms with Crippen molar-refractivity contribution in [3.8, 4) is 0 Å². The van der Waals surface area contributed by atoms with E-state index in [0.717, 1.165) is 50.1 Å². The molecule has 1 aromatic rings. The number of carbonyl (C=O) groups is 2. The first-order valence-corrected chi connectivity index (χ1v) is 8.01. The lowest BCUT2D eigenvalue weighted by Gasteiger charge is -2.37. The number of nitrogens with zero attached hydrogens (tertiary/aromatic N) is 1. The number of aryl methyl sites for hydroxylation is 1. The quantitative estimate of drug-likeness (QED) is 0.875. The van der Waals surface area contributed by atoms with Crippen LogP contribution in [0.15, 0.2) is 24.3 Å². The molecule has 0 saturated carbocycles. The van der Waals surface area contributed by atoms with Gasteiger partial charge in [0, 0.05) is 37.8 Å². The van der Waals surface area contributed by atoms with E-state index in [2.05, 4.69) is 10.6 Å². The Bertz CT molecular complexity index is 567. The van der Waals surface area contributed by atoms with Gasteiger partial charge >= 0.3 is 0 Å². The third-order valence-electron chi connectivity index (χ3n) is 4.66. The van der Waals surface area contributed by atoms with Crippen molar-refractivity contribution in [1.29, 1.82) is 0 Å². The second kappa shape index (κ2) is 7.79. The lowest BCUT2D eigenvalue weighted by molar-refractivity contribution is -0.138. The van der Waals surface area contributed by atoms with Gasteiger partial charge in [0.1, 0.15) is 0 Å². The zero-order valence-electron chi connectivity index (χ0n) is 13.4. The number of piperidine rings is 1. The van der Waals surface area contributed by atoms with Crippen LogP contribution in [0.3, 0.4) is 0 Å². The molecule has 1 aromatic carbocycles. The fraction of sp³-hybridized carbons (Fsp3) is 0.529. The highest BCUT2D eigenvalue weighted by Gasteiger charge is 2.31. The molecular formula is C17H24ClN3O2. The summed E-state index contributed by atoms with van der Waals surface area (Å²) in [6.07, 6.45) is 1.67. The van der Waals surface area contributed by atoms with Crippen LogP contribution >= 0.6 is 12.4 Å². The van der Waals surface area contributed by atoms with Crippen molar-refractivity contribution in [1.82, 2.24) is 15.5 Å². The average molecular weight is 338 g/mol. The molecule has 2 heterocycles. The van der Waals surface area contributed by atoms with Gasteiger partial charge in [-0.15, -0.1) is 12.4 Å². The van der Waals surface area contributed by atoms with E-state index in [1.54, 1.807) is 0 Å². The van der Waals surface area contributed by atoms with Crippen LogP contribution in [0.5, 0.6) is 0 Å². The predicted molar refractivity (Wildman–Crippen MR) is 91.9 cm³/mol. The highest BCUT2D eigenvalue weighted by atomic mass is 35.5. The molecule has 3 rings (SSSR count). The van der Waals surface area contributed by atoms with Crippen molar-refractivity contribution in [2.45, 2.75) is 25.8 Å². The molecular weight excluding hydrogens is 314 g/mol. The van der Waals surface area contributed by atoms with E-state index in [-0.39, 0.29) is 36.2 Å². The Morgan fingerprint density at radius 3 is 2.39 bits per heavy atom. The average Bonchev–Trinajstić information content (AvgIpc) is 2.46. The summed E-state index contributed by atoms with van der Waals surface area (Å²) in [4.78, 5) is 26.4. The van der Waals surface area contributed by atoms with Crippen LogP contribution < -0.4 is 10.6 Å². The normalized spacial score (nSPS) is 18.7. The van der Waals surface area contributed by atoms with Crippen LogP contribution in [0.25, 0.3) is 0 Å². The van der Waals surface area contributed by atoms with Crippen LogP contribution in [0.1, 0.15) is 28.8 Å².